The lowest BCUT2D eigenvalue weighted by molar-refractivity contribution is 0.317. The third-order valence-corrected chi connectivity index (χ3v) is 2.60. The molecule has 0 spiro atoms. The van der Waals surface area contributed by atoms with Crippen molar-refractivity contribution >= 4 is 11.6 Å². The van der Waals surface area contributed by atoms with E-state index < -0.39 is 0 Å². The second-order valence-electron chi connectivity index (χ2n) is 3.91. The first-order valence-corrected chi connectivity index (χ1v) is 6.31. The molecule has 1 heterocycles. The van der Waals surface area contributed by atoms with Gasteiger partial charge in [-0.05, 0) is 48.0 Å². The second-order valence-corrected chi connectivity index (χ2v) is 4.56. The lowest BCUT2D eigenvalue weighted by Crippen LogP contribution is -2.04. The summed E-state index contributed by atoms with van der Waals surface area (Å²) in [6.07, 6.45) is 0.989. The predicted octanol–water partition coefficient (Wildman–Crippen LogP) is 2.75. The molecule has 0 amide bonds. The van der Waals surface area contributed by atoms with Crippen molar-refractivity contribution in [1.29, 1.82) is 0 Å². The number of rotatable bonds is 5. The molecule has 0 N–H and O–H groups in total. The van der Waals surface area contributed by atoms with Gasteiger partial charge in [-0.15, -0.1) is 16.7 Å². The number of benzene rings is 1. The van der Waals surface area contributed by atoms with Crippen molar-refractivity contribution in [2.45, 2.75) is 25.6 Å². The van der Waals surface area contributed by atoms with E-state index in [1.54, 1.807) is 4.68 Å². The summed E-state index contributed by atoms with van der Waals surface area (Å²) in [5.41, 5.74) is 0.867. The SMILES string of the molecule is CCCOc1ccc(-n2nnnc2C(C)Cl)cc1. The average molecular weight is 267 g/mol. The first kappa shape index (κ1) is 12.8. The van der Waals surface area contributed by atoms with Crippen molar-refractivity contribution in [1.82, 2.24) is 20.2 Å². The van der Waals surface area contributed by atoms with Gasteiger partial charge in [-0.2, -0.15) is 4.68 Å². The van der Waals surface area contributed by atoms with Crippen LogP contribution < -0.4 is 4.74 Å². The van der Waals surface area contributed by atoms with Gasteiger partial charge in [-0.1, -0.05) is 6.92 Å². The fraction of sp³-hybridized carbons (Fsp3) is 0.417. The molecule has 0 saturated heterocycles. The van der Waals surface area contributed by atoms with Crippen LogP contribution >= 0.6 is 11.6 Å². The first-order valence-electron chi connectivity index (χ1n) is 5.88. The molecule has 96 valence electrons. The lowest BCUT2D eigenvalue weighted by Gasteiger charge is -2.07. The van der Waals surface area contributed by atoms with Crippen LogP contribution in [0.2, 0.25) is 0 Å². The molecule has 6 heteroatoms. The molecule has 0 aliphatic rings. The Morgan fingerprint density at radius 2 is 2.06 bits per heavy atom. The summed E-state index contributed by atoms with van der Waals surface area (Å²) in [6.45, 7) is 4.63. The Kier molecular flexibility index (Phi) is 4.15. The summed E-state index contributed by atoms with van der Waals surface area (Å²) in [5, 5.41) is 11.2. The monoisotopic (exact) mass is 266 g/mol. The molecule has 0 saturated carbocycles. The molecule has 1 aromatic heterocycles. The van der Waals surface area contributed by atoms with Crippen molar-refractivity contribution in [2.24, 2.45) is 0 Å². The summed E-state index contributed by atoms with van der Waals surface area (Å²) in [6, 6.07) is 7.61. The van der Waals surface area contributed by atoms with Crippen molar-refractivity contribution in [3.05, 3.63) is 30.1 Å². The van der Waals surface area contributed by atoms with Gasteiger partial charge < -0.3 is 4.74 Å². The van der Waals surface area contributed by atoms with E-state index in [2.05, 4.69) is 22.4 Å². The van der Waals surface area contributed by atoms with E-state index in [-0.39, 0.29) is 5.38 Å². The molecule has 0 aliphatic carbocycles. The molecule has 1 unspecified atom stereocenters. The highest BCUT2D eigenvalue weighted by Crippen LogP contribution is 2.20. The van der Waals surface area contributed by atoms with Crippen LogP contribution in [-0.4, -0.2) is 26.8 Å². The number of ether oxygens (including phenoxy) is 1. The van der Waals surface area contributed by atoms with Crippen LogP contribution in [0.25, 0.3) is 5.69 Å². The molecule has 2 aromatic rings. The Balaban J connectivity index is 2.21. The van der Waals surface area contributed by atoms with E-state index in [9.17, 15) is 0 Å². The van der Waals surface area contributed by atoms with E-state index in [1.807, 2.05) is 31.2 Å². The molecular weight excluding hydrogens is 252 g/mol. The molecule has 0 radical (unpaired) electrons. The van der Waals surface area contributed by atoms with E-state index in [0.717, 1.165) is 17.9 Å². The highest BCUT2D eigenvalue weighted by atomic mass is 35.5. The maximum atomic E-state index is 6.01. The Labute approximate surface area is 111 Å². The third kappa shape index (κ3) is 2.79. The number of aromatic nitrogens is 4. The van der Waals surface area contributed by atoms with Crippen molar-refractivity contribution in [2.75, 3.05) is 6.61 Å². The Bertz CT molecular complexity index is 495. The zero-order valence-corrected chi connectivity index (χ0v) is 11.1. The fourth-order valence-corrected chi connectivity index (χ4v) is 1.67. The molecule has 1 aromatic carbocycles. The predicted molar refractivity (Wildman–Crippen MR) is 69.2 cm³/mol. The van der Waals surface area contributed by atoms with Crippen molar-refractivity contribution in [3.63, 3.8) is 0 Å². The van der Waals surface area contributed by atoms with Crippen LogP contribution in [0.5, 0.6) is 5.75 Å². The average Bonchev–Trinajstić information content (AvgIpc) is 2.86. The normalized spacial score (nSPS) is 12.4. The van der Waals surface area contributed by atoms with E-state index in [4.69, 9.17) is 16.3 Å². The zero-order valence-electron chi connectivity index (χ0n) is 10.4. The minimum Gasteiger partial charge on any atom is -0.494 e. The third-order valence-electron chi connectivity index (χ3n) is 2.40. The van der Waals surface area contributed by atoms with Crippen LogP contribution in [0, 0.1) is 0 Å². The summed E-state index contributed by atoms with van der Waals surface area (Å²) in [4.78, 5) is 0. The van der Waals surface area contributed by atoms with Gasteiger partial charge in [-0.3, -0.25) is 0 Å². The van der Waals surface area contributed by atoms with E-state index >= 15 is 0 Å². The largest absolute Gasteiger partial charge is 0.494 e. The number of tetrazole rings is 1. The van der Waals surface area contributed by atoms with Gasteiger partial charge in [0.05, 0.1) is 17.7 Å². The lowest BCUT2D eigenvalue weighted by atomic mass is 10.3. The smallest absolute Gasteiger partial charge is 0.174 e. The number of nitrogens with zero attached hydrogens (tertiary/aromatic N) is 4. The fourth-order valence-electron chi connectivity index (χ4n) is 1.53. The molecule has 1 atom stereocenters. The topological polar surface area (TPSA) is 52.8 Å². The molecule has 18 heavy (non-hydrogen) atoms. The van der Waals surface area contributed by atoms with Crippen LogP contribution in [0.3, 0.4) is 0 Å². The Hall–Kier alpha value is -1.62. The van der Waals surface area contributed by atoms with Gasteiger partial charge in [0.1, 0.15) is 5.75 Å². The van der Waals surface area contributed by atoms with Gasteiger partial charge >= 0.3 is 0 Å². The standard InChI is InChI=1S/C12H15ClN4O/c1-3-8-18-11-6-4-10(5-7-11)17-12(9(2)13)14-15-16-17/h4-7,9H,3,8H2,1-2H3. The highest BCUT2D eigenvalue weighted by Gasteiger charge is 2.13. The van der Waals surface area contributed by atoms with E-state index in [0.29, 0.717) is 12.4 Å². The number of halogens is 1. The van der Waals surface area contributed by atoms with Gasteiger partial charge in [0.2, 0.25) is 0 Å². The van der Waals surface area contributed by atoms with E-state index in [1.165, 1.54) is 0 Å². The van der Waals surface area contributed by atoms with Gasteiger partial charge in [-0.25, -0.2) is 0 Å². The summed E-state index contributed by atoms with van der Waals surface area (Å²) < 4.78 is 7.14. The van der Waals surface area contributed by atoms with Crippen LogP contribution in [0.4, 0.5) is 0 Å². The Morgan fingerprint density at radius 3 is 2.67 bits per heavy atom. The summed E-state index contributed by atoms with van der Waals surface area (Å²) in [7, 11) is 0. The highest BCUT2D eigenvalue weighted by molar-refractivity contribution is 6.20. The number of alkyl halides is 1. The first-order chi connectivity index (χ1) is 8.72. The van der Waals surface area contributed by atoms with Gasteiger partial charge in [0.25, 0.3) is 0 Å². The van der Waals surface area contributed by atoms with Crippen molar-refractivity contribution in [3.8, 4) is 11.4 Å². The summed E-state index contributed by atoms with van der Waals surface area (Å²) >= 11 is 6.01. The molecule has 0 aliphatic heterocycles. The molecule has 2 rings (SSSR count). The van der Waals surface area contributed by atoms with Crippen molar-refractivity contribution < 1.29 is 4.74 Å². The summed E-state index contributed by atoms with van der Waals surface area (Å²) in [5.74, 6) is 1.47. The van der Waals surface area contributed by atoms with Gasteiger partial charge in [0.15, 0.2) is 5.82 Å². The second kappa shape index (κ2) is 5.82. The number of hydrogen-bond acceptors (Lipinski definition) is 4. The maximum Gasteiger partial charge on any atom is 0.174 e. The van der Waals surface area contributed by atoms with Crippen LogP contribution in [0.15, 0.2) is 24.3 Å². The number of hydrogen-bond donors (Lipinski definition) is 0. The van der Waals surface area contributed by atoms with Crippen LogP contribution in [-0.2, 0) is 0 Å². The minimum absolute atomic E-state index is 0.240. The zero-order chi connectivity index (χ0) is 13.0. The van der Waals surface area contributed by atoms with Gasteiger partial charge in [0, 0.05) is 0 Å². The quantitative estimate of drug-likeness (QED) is 0.781. The maximum absolute atomic E-state index is 6.01. The molecular formula is C12H15ClN4O. The molecule has 5 nitrogen and oxygen atoms in total. The molecule has 0 fully saturated rings. The van der Waals surface area contributed by atoms with Crippen LogP contribution in [0.1, 0.15) is 31.5 Å². The minimum atomic E-state index is -0.240. The Morgan fingerprint density at radius 1 is 1.33 bits per heavy atom. The molecule has 0 bridgehead atoms.